The van der Waals surface area contributed by atoms with Crippen molar-refractivity contribution in [3.8, 4) is 0 Å². The van der Waals surface area contributed by atoms with Crippen molar-refractivity contribution in [2.75, 3.05) is 11.1 Å². The number of nitrogens with two attached hydrogens (primary N) is 1. The minimum absolute atomic E-state index is 0.352. The normalized spacial score (nSPS) is 28.3. The fourth-order valence-electron chi connectivity index (χ4n) is 2.88. The largest absolute Gasteiger partial charge is 0.368 e. The first-order valence-corrected chi connectivity index (χ1v) is 6.47. The molecular weight excluding hydrogens is 212 g/mol. The van der Waals surface area contributed by atoms with Crippen LogP contribution in [0.4, 0.5) is 11.8 Å². The van der Waals surface area contributed by atoms with Gasteiger partial charge in [-0.2, -0.15) is 4.98 Å². The van der Waals surface area contributed by atoms with Crippen molar-refractivity contribution < 1.29 is 0 Å². The predicted octanol–water partition coefficient (Wildman–Crippen LogP) is 2.60. The van der Waals surface area contributed by atoms with Crippen LogP contribution in [0.25, 0.3) is 0 Å². The Hall–Kier alpha value is -1.32. The lowest BCUT2D eigenvalue weighted by atomic mass is 9.93. The molecule has 3 N–H and O–H groups in total. The van der Waals surface area contributed by atoms with Crippen LogP contribution in [0, 0.1) is 18.8 Å². The summed E-state index contributed by atoms with van der Waals surface area (Å²) in [7, 11) is 0. The van der Waals surface area contributed by atoms with Gasteiger partial charge in [-0.1, -0.05) is 20.3 Å². The van der Waals surface area contributed by atoms with Crippen LogP contribution in [-0.2, 0) is 0 Å². The van der Waals surface area contributed by atoms with Gasteiger partial charge < -0.3 is 11.1 Å². The van der Waals surface area contributed by atoms with E-state index in [1.54, 1.807) is 0 Å². The SMILES string of the molecule is CCC1CCC(Nc2cc(C)nc(N)n2)C1C. The van der Waals surface area contributed by atoms with E-state index >= 15 is 0 Å². The minimum Gasteiger partial charge on any atom is -0.368 e. The third kappa shape index (κ3) is 2.68. The Kier molecular flexibility index (Phi) is 3.50. The van der Waals surface area contributed by atoms with E-state index in [4.69, 9.17) is 5.73 Å². The molecule has 0 bridgehead atoms. The summed E-state index contributed by atoms with van der Waals surface area (Å²) in [6, 6.07) is 2.48. The van der Waals surface area contributed by atoms with Crippen molar-refractivity contribution in [2.45, 2.75) is 46.1 Å². The third-order valence-electron chi connectivity index (χ3n) is 3.96. The Morgan fingerprint density at radius 3 is 2.76 bits per heavy atom. The molecule has 1 aliphatic rings. The molecular formula is C13H22N4. The van der Waals surface area contributed by atoms with E-state index in [0.717, 1.165) is 17.4 Å². The molecule has 17 heavy (non-hydrogen) atoms. The topological polar surface area (TPSA) is 63.8 Å². The number of anilines is 2. The molecule has 4 nitrogen and oxygen atoms in total. The molecule has 2 rings (SSSR count). The lowest BCUT2D eigenvalue weighted by molar-refractivity contribution is 0.391. The molecule has 0 aromatic carbocycles. The fourth-order valence-corrected chi connectivity index (χ4v) is 2.88. The molecule has 1 saturated carbocycles. The van der Waals surface area contributed by atoms with Crippen LogP contribution in [0.3, 0.4) is 0 Å². The summed E-state index contributed by atoms with van der Waals surface area (Å²) in [4.78, 5) is 8.32. The van der Waals surface area contributed by atoms with Crippen molar-refractivity contribution in [3.63, 3.8) is 0 Å². The van der Waals surface area contributed by atoms with E-state index in [1.165, 1.54) is 19.3 Å². The Morgan fingerprint density at radius 2 is 2.18 bits per heavy atom. The highest BCUT2D eigenvalue weighted by Gasteiger charge is 2.31. The van der Waals surface area contributed by atoms with E-state index in [9.17, 15) is 0 Å². The number of nitrogens with one attached hydrogen (secondary N) is 1. The second kappa shape index (κ2) is 4.90. The molecule has 1 aromatic rings. The van der Waals surface area contributed by atoms with Gasteiger partial charge in [0.2, 0.25) is 5.95 Å². The average molecular weight is 234 g/mol. The first kappa shape index (κ1) is 12.1. The first-order chi connectivity index (χ1) is 8.10. The van der Waals surface area contributed by atoms with E-state index < -0.39 is 0 Å². The average Bonchev–Trinajstić information content (AvgIpc) is 2.58. The molecule has 0 radical (unpaired) electrons. The molecule has 0 spiro atoms. The summed E-state index contributed by atoms with van der Waals surface area (Å²) in [6.45, 7) is 6.54. The van der Waals surface area contributed by atoms with Crippen LogP contribution >= 0.6 is 0 Å². The zero-order valence-corrected chi connectivity index (χ0v) is 10.9. The van der Waals surface area contributed by atoms with Crippen molar-refractivity contribution in [1.82, 2.24) is 9.97 Å². The molecule has 1 aliphatic carbocycles. The molecule has 3 unspecified atom stereocenters. The number of rotatable bonds is 3. The monoisotopic (exact) mass is 234 g/mol. The summed E-state index contributed by atoms with van der Waals surface area (Å²) in [6.07, 6.45) is 3.81. The molecule has 0 amide bonds. The first-order valence-electron chi connectivity index (χ1n) is 6.47. The zero-order chi connectivity index (χ0) is 12.4. The van der Waals surface area contributed by atoms with E-state index in [1.807, 2.05) is 13.0 Å². The van der Waals surface area contributed by atoms with Crippen molar-refractivity contribution in [1.29, 1.82) is 0 Å². The molecule has 3 atom stereocenters. The van der Waals surface area contributed by atoms with E-state index in [0.29, 0.717) is 17.9 Å². The highest BCUT2D eigenvalue weighted by atomic mass is 15.1. The zero-order valence-electron chi connectivity index (χ0n) is 10.9. The molecule has 4 heteroatoms. The summed E-state index contributed by atoms with van der Waals surface area (Å²) in [5.74, 6) is 2.76. The Bertz CT molecular complexity index is 371. The van der Waals surface area contributed by atoms with Crippen LogP contribution in [0.2, 0.25) is 0 Å². The van der Waals surface area contributed by atoms with Gasteiger partial charge in [-0.15, -0.1) is 0 Å². The highest BCUT2D eigenvalue weighted by Crippen LogP contribution is 2.35. The smallest absolute Gasteiger partial charge is 0.222 e. The lowest BCUT2D eigenvalue weighted by Gasteiger charge is -2.21. The Morgan fingerprint density at radius 1 is 1.41 bits per heavy atom. The number of hydrogen-bond donors (Lipinski definition) is 2. The maximum Gasteiger partial charge on any atom is 0.222 e. The maximum absolute atomic E-state index is 5.66. The number of nitrogens with zero attached hydrogens (tertiary/aromatic N) is 2. The molecule has 1 fully saturated rings. The van der Waals surface area contributed by atoms with Gasteiger partial charge in [0, 0.05) is 17.8 Å². The van der Waals surface area contributed by atoms with Gasteiger partial charge in [0.25, 0.3) is 0 Å². The Labute approximate surface area is 103 Å². The van der Waals surface area contributed by atoms with Gasteiger partial charge in [-0.05, 0) is 31.6 Å². The predicted molar refractivity (Wildman–Crippen MR) is 70.8 cm³/mol. The number of hydrogen-bond acceptors (Lipinski definition) is 4. The summed E-state index contributed by atoms with van der Waals surface area (Å²) < 4.78 is 0. The van der Waals surface area contributed by atoms with E-state index in [-0.39, 0.29) is 0 Å². The van der Waals surface area contributed by atoms with Crippen LogP contribution in [0.5, 0.6) is 0 Å². The lowest BCUT2D eigenvalue weighted by Crippen LogP contribution is -2.25. The third-order valence-corrected chi connectivity index (χ3v) is 3.96. The number of aryl methyl sites for hydroxylation is 1. The minimum atomic E-state index is 0.352. The van der Waals surface area contributed by atoms with Crippen LogP contribution in [0.1, 0.15) is 38.8 Å². The standard InChI is InChI=1S/C13H22N4/c1-4-10-5-6-11(9(10)3)16-12-7-8(2)15-13(14)17-12/h7,9-11H,4-6H2,1-3H3,(H3,14,15,16,17). The van der Waals surface area contributed by atoms with Crippen LogP contribution < -0.4 is 11.1 Å². The van der Waals surface area contributed by atoms with Gasteiger partial charge in [0.15, 0.2) is 0 Å². The fraction of sp³-hybridized carbons (Fsp3) is 0.692. The molecule has 1 aromatic heterocycles. The molecule has 0 saturated heterocycles. The van der Waals surface area contributed by atoms with Gasteiger partial charge in [-0.3, -0.25) is 0 Å². The number of aromatic nitrogens is 2. The van der Waals surface area contributed by atoms with Crippen LogP contribution in [0.15, 0.2) is 6.07 Å². The van der Waals surface area contributed by atoms with Crippen LogP contribution in [-0.4, -0.2) is 16.0 Å². The van der Waals surface area contributed by atoms with Gasteiger partial charge >= 0.3 is 0 Å². The molecule has 94 valence electrons. The quantitative estimate of drug-likeness (QED) is 0.843. The second-order valence-electron chi connectivity index (χ2n) is 5.11. The number of nitrogen functional groups attached to an aromatic ring is 1. The van der Waals surface area contributed by atoms with Gasteiger partial charge in [0.05, 0.1) is 0 Å². The van der Waals surface area contributed by atoms with Crippen molar-refractivity contribution >= 4 is 11.8 Å². The highest BCUT2D eigenvalue weighted by molar-refractivity contribution is 5.41. The van der Waals surface area contributed by atoms with Crippen molar-refractivity contribution in [3.05, 3.63) is 11.8 Å². The second-order valence-corrected chi connectivity index (χ2v) is 5.11. The summed E-state index contributed by atoms with van der Waals surface area (Å²) in [5, 5.41) is 3.51. The van der Waals surface area contributed by atoms with Gasteiger partial charge in [0.1, 0.15) is 5.82 Å². The van der Waals surface area contributed by atoms with Crippen molar-refractivity contribution in [2.24, 2.45) is 11.8 Å². The molecule has 0 aliphatic heterocycles. The van der Waals surface area contributed by atoms with Gasteiger partial charge in [-0.25, -0.2) is 4.98 Å². The molecule has 1 heterocycles. The summed E-state index contributed by atoms with van der Waals surface area (Å²) in [5.41, 5.74) is 6.57. The van der Waals surface area contributed by atoms with E-state index in [2.05, 4.69) is 29.1 Å². The Balaban J connectivity index is 2.06. The maximum atomic E-state index is 5.66. The summed E-state index contributed by atoms with van der Waals surface area (Å²) >= 11 is 0.